The molecule has 1 N–H and O–H groups in total. The van der Waals surface area contributed by atoms with E-state index in [-0.39, 0.29) is 0 Å². The molecule has 0 saturated heterocycles. The van der Waals surface area contributed by atoms with E-state index in [0.717, 1.165) is 4.88 Å². The average molecular weight is 224 g/mol. The van der Waals surface area contributed by atoms with E-state index < -0.39 is 0 Å². The maximum atomic E-state index is 4.94. The monoisotopic (exact) mass is 224 g/mol. The lowest BCUT2D eigenvalue weighted by atomic mass is 10.4. The standard InChI is InChI=1S/C8H8N4S2/c1-6-2-3-7(14-6)4-10-12-5-9-11-8(12)13/h2-5H,1H3,(H,11,13)/b10-4+. The van der Waals surface area contributed by atoms with E-state index in [0.29, 0.717) is 4.77 Å². The van der Waals surface area contributed by atoms with Crippen molar-refractivity contribution in [3.63, 3.8) is 0 Å². The molecule has 0 radical (unpaired) electrons. The van der Waals surface area contributed by atoms with Gasteiger partial charge in [0.15, 0.2) is 0 Å². The van der Waals surface area contributed by atoms with Gasteiger partial charge in [-0.3, -0.25) is 5.10 Å². The van der Waals surface area contributed by atoms with E-state index in [9.17, 15) is 0 Å². The van der Waals surface area contributed by atoms with Crippen LogP contribution in [0.3, 0.4) is 0 Å². The Morgan fingerprint density at radius 2 is 2.50 bits per heavy atom. The van der Waals surface area contributed by atoms with Crippen molar-refractivity contribution in [3.05, 3.63) is 33.0 Å². The van der Waals surface area contributed by atoms with Gasteiger partial charge in [0.05, 0.1) is 6.21 Å². The van der Waals surface area contributed by atoms with Crippen LogP contribution in [0.15, 0.2) is 23.6 Å². The lowest BCUT2D eigenvalue weighted by Gasteiger charge is -1.87. The second-order valence-electron chi connectivity index (χ2n) is 2.70. The number of H-pyrrole nitrogens is 1. The number of aromatic amines is 1. The molecule has 0 bridgehead atoms. The second kappa shape index (κ2) is 3.85. The predicted octanol–water partition coefficient (Wildman–Crippen LogP) is 2.19. The fraction of sp³-hybridized carbons (Fsp3) is 0.125. The number of aryl methyl sites for hydroxylation is 1. The first kappa shape index (κ1) is 9.29. The molecule has 2 heterocycles. The molecule has 4 nitrogen and oxygen atoms in total. The topological polar surface area (TPSA) is 46.0 Å². The van der Waals surface area contributed by atoms with Crippen molar-refractivity contribution >= 4 is 29.8 Å². The maximum Gasteiger partial charge on any atom is 0.216 e. The summed E-state index contributed by atoms with van der Waals surface area (Å²) in [5.74, 6) is 0. The smallest absolute Gasteiger partial charge is 0.216 e. The Kier molecular flexibility index (Phi) is 2.55. The number of thiophene rings is 1. The normalized spacial score (nSPS) is 11.2. The van der Waals surface area contributed by atoms with Crippen molar-refractivity contribution in [3.8, 4) is 0 Å². The number of hydrogen-bond acceptors (Lipinski definition) is 4. The van der Waals surface area contributed by atoms with Gasteiger partial charge in [0.1, 0.15) is 6.33 Å². The van der Waals surface area contributed by atoms with E-state index in [1.165, 1.54) is 9.55 Å². The summed E-state index contributed by atoms with van der Waals surface area (Å²) >= 11 is 6.63. The zero-order valence-electron chi connectivity index (χ0n) is 7.47. The van der Waals surface area contributed by atoms with E-state index in [4.69, 9.17) is 12.2 Å². The summed E-state index contributed by atoms with van der Waals surface area (Å²) in [6, 6.07) is 4.08. The molecule has 0 aliphatic carbocycles. The van der Waals surface area contributed by atoms with Crippen LogP contribution in [-0.2, 0) is 0 Å². The van der Waals surface area contributed by atoms with Crippen LogP contribution >= 0.6 is 23.6 Å². The minimum Gasteiger partial charge on any atom is -0.250 e. The van der Waals surface area contributed by atoms with Gasteiger partial charge in [-0.1, -0.05) is 0 Å². The number of rotatable bonds is 2. The summed E-state index contributed by atoms with van der Waals surface area (Å²) in [5, 5.41) is 10.5. The van der Waals surface area contributed by atoms with Crippen molar-refractivity contribution in [2.45, 2.75) is 6.92 Å². The molecule has 0 unspecified atom stereocenters. The summed E-state index contributed by atoms with van der Waals surface area (Å²) in [7, 11) is 0. The summed E-state index contributed by atoms with van der Waals surface area (Å²) in [6.45, 7) is 2.06. The number of nitrogens with one attached hydrogen (secondary N) is 1. The van der Waals surface area contributed by atoms with Gasteiger partial charge in [0.25, 0.3) is 0 Å². The molecule has 0 saturated carbocycles. The van der Waals surface area contributed by atoms with E-state index in [1.807, 2.05) is 6.07 Å². The van der Waals surface area contributed by atoms with Crippen molar-refractivity contribution in [1.82, 2.24) is 14.9 Å². The Bertz CT molecular complexity index is 505. The highest BCUT2D eigenvalue weighted by Gasteiger charge is 1.92. The Hall–Kier alpha value is -1.27. The van der Waals surface area contributed by atoms with Crippen molar-refractivity contribution in [2.75, 3.05) is 0 Å². The van der Waals surface area contributed by atoms with Crippen LogP contribution in [0, 0.1) is 11.7 Å². The first-order valence-electron chi connectivity index (χ1n) is 3.98. The predicted molar refractivity (Wildman–Crippen MR) is 59.5 cm³/mol. The minimum atomic E-state index is 0.495. The van der Waals surface area contributed by atoms with Crippen LogP contribution in [0.1, 0.15) is 9.75 Å². The highest BCUT2D eigenvalue weighted by molar-refractivity contribution is 7.71. The zero-order valence-corrected chi connectivity index (χ0v) is 9.10. The van der Waals surface area contributed by atoms with Crippen LogP contribution in [0.5, 0.6) is 0 Å². The van der Waals surface area contributed by atoms with E-state index in [2.05, 4.69) is 28.3 Å². The van der Waals surface area contributed by atoms with Gasteiger partial charge in [0.2, 0.25) is 4.77 Å². The van der Waals surface area contributed by atoms with Gasteiger partial charge >= 0.3 is 0 Å². The van der Waals surface area contributed by atoms with Crippen LogP contribution in [0.4, 0.5) is 0 Å². The summed E-state index contributed by atoms with van der Waals surface area (Å²) in [4.78, 5) is 2.37. The summed E-state index contributed by atoms with van der Waals surface area (Å²) < 4.78 is 2.01. The molecule has 6 heteroatoms. The van der Waals surface area contributed by atoms with Gasteiger partial charge in [-0.05, 0) is 31.3 Å². The number of hydrogen-bond donors (Lipinski definition) is 1. The third-order valence-corrected chi connectivity index (χ3v) is 2.82. The molecule has 0 aromatic carbocycles. The van der Waals surface area contributed by atoms with Gasteiger partial charge < -0.3 is 0 Å². The Labute approximate surface area is 89.9 Å². The molecule has 72 valence electrons. The van der Waals surface area contributed by atoms with Gasteiger partial charge in [-0.15, -0.1) is 11.3 Å². The lowest BCUT2D eigenvalue weighted by molar-refractivity contribution is 0.863. The Morgan fingerprint density at radius 1 is 1.64 bits per heavy atom. The highest BCUT2D eigenvalue weighted by atomic mass is 32.1. The van der Waals surface area contributed by atoms with Crippen LogP contribution < -0.4 is 0 Å². The number of nitrogens with zero attached hydrogens (tertiary/aromatic N) is 3. The maximum absolute atomic E-state index is 4.94. The van der Waals surface area contributed by atoms with Crippen LogP contribution in [0.2, 0.25) is 0 Å². The fourth-order valence-electron chi connectivity index (χ4n) is 0.967. The van der Waals surface area contributed by atoms with Crippen LogP contribution in [0.25, 0.3) is 0 Å². The Morgan fingerprint density at radius 3 is 3.07 bits per heavy atom. The molecule has 2 aromatic heterocycles. The second-order valence-corrected chi connectivity index (χ2v) is 4.41. The average Bonchev–Trinajstić information content (AvgIpc) is 2.72. The van der Waals surface area contributed by atoms with Gasteiger partial charge in [-0.25, -0.2) is 0 Å². The molecule has 0 spiro atoms. The van der Waals surface area contributed by atoms with Crippen LogP contribution in [-0.4, -0.2) is 21.1 Å². The third kappa shape index (κ3) is 1.97. The molecule has 0 aliphatic rings. The van der Waals surface area contributed by atoms with Gasteiger partial charge in [0, 0.05) is 9.75 Å². The Balaban J connectivity index is 2.23. The lowest BCUT2D eigenvalue weighted by Crippen LogP contribution is -1.86. The SMILES string of the molecule is Cc1ccc(/C=N/n2cn[nH]c2=S)s1. The molecule has 2 rings (SSSR count). The molecule has 14 heavy (non-hydrogen) atoms. The van der Waals surface area contributed by atoms with E-state index in [1.54, 1.807) is 23.9 Å². The fourth-order valence-corrected chi connectivity index (χ4v) is 1.86. The summed E-state index contributed by atoms with van der Waals surface area (Å²) in [5.41, 5.74) is 0. The largest absolute Gasteiger partial charge is 0.250 e. The summed E-state index contributed by atoms with van der Waals surface area (Å²) in [6.07, 6.45) is 3.31. The first-order chi connectivity index (χ1) is 6.75. The molecule has 0 amide bonds. The molecule has 2 aromatic rings. The van der Waals surface area contributed by atoms with E-state index >= 15 is 0 Å². The quantitative estimate of drug-likeness (QED) is 0.628. The molecule has 0 aliphatic heterocycles. The number of aromatic nitrogens is 3. The third-order valence-electron chi connectivity index (χ3n) is 1.61. The molecule has 0 fully saturated rings. The van der Waals surface area contributed by atoms with Crippen molar-refractivity contribution < 1.29 is 0 Å². The van der Waals surface area contributed by atoms with Gasteiger partial charge in [-0.2, -0.15) is 14.9 Å². The first-order valence-corrected chi connectivity index (χ1v) is 5.21. The van der Waals surface area contributed by atoms with Crippen molar-refractivity contribution in [2.24, 2.45) is 5.10 Å². The minimum absolute atomic E-state index is 0.495. The highest BCUT2D eigenvalue weighted by Crippen LogP contribution is 2.12. The molecular formula is C8H8N4S2. The molecular weight excluding hydrogens is 216 g/mol. The van der Waals surface area contributed by atoms with Crippen molar-refractivity contribution in [1.29, 1.82) is 0 Å². The zero-order chi connectivity index (χ0) is 9.97. The molecule has 0 atom stereocenters.